The van der Waals surface area contributed by atoms with Crippen molar-refractivity contribution in [2.45, 2.75) is 179 Å². The van der Waals surface area contributed by atoms with Crippen LogP contribution in [0.2, 0.25) is 0 Å². The molecule has 0 heterocycles. The van der Waals surface area contributed by atoms with Crippen LogP contribution in [0.4, 0.5) is 0 Å². The Morgan fingerprint density at radius 3 is 1.35 bits per heavy atom. The van der Waals surface area contributed by atoms with Gasteiger partial charge in [-0.2, -0.15) is 11.8 Å². The number of unbranched alkanes of at least 4 members (excludes halogenated alkanes) is 1. The van der Waals surface area contributed by atoms with Crippen LogP contribution in [0.1, 0.15) is 118 Å². The van der Waals surface area contributed by atoms with Crippen LogP contribution >= 0.6 is 11.8 Å². The van der Waals surface area contributed by atoms with Crippen molar-refractivity contribution in [2.75, 3.05) is 38.2 Å². The molecule has 9 amide bonds. The fraction of sp³-hybridized carbons (Fsp3) is 0.661. The van der Waals surface area contributed by atoms with Crippen LogP contribution < -0.4 is 76.5 Å². The number of benzene rings is 1. The molecule has 89 heavy (non-hydrogen) atoms. The molecule has 11 atom stereocenters. The van der Waals surface area contributed by atoms with Gasteiger partial charge in [0.2, 0.25) is 53.2 Å². The van der Waals surface area contributed by atoms with E-state index < -0.39 is 145 Å². The van der Waals surface area contributed by atoms with Crippen LogP contribution in [0.15, 0.2) is 34.3 Å². The number of aliphatic imine (C=N–C) groups is 2. The van der Waals surface area contributed by atoms with Gasteiger partial charge in [-0.1, -0.05) is 46.8 Å². The maximum Gasteiger partial charge on any atom is 0.326 e. The molecule has 0 saturated carbocycles. The van der Waals surface area contributed by atoms with Gasteiger partial charge in [-0.15, -0.1) is 0 Å². The Morgan fingerprint density at radius 2 is 0.910 bits per heavy atom. The van der Waals surface area contributed by atoms with Gasteiger partial charge in [0.05, 0.1) is 19.1 Å². The van der Waals surface area contributed by atoms with E-state index in [1.165, 1.54) is 36.0 Å². The van der Waals surface area contributed by atoms with E-state index in [1.54, 1.807) is 27.0 Å². The Balaban J connectivity index is 3.60. The number of phenolic OH excluding ortho intramolecular Hbond substituents is 1. The molecule has 0 aliphatic heterocycles. The summed E-state index contributed by atoms with van der Waals surface area (Å²) in [4.78, 5) is 157. The van der Waals surface area contributed by atoms with Crippen LogP contribution in [-0.2, 0) is 59.2 Å². The predicted octanol–water partition coefficient (Wildman–Crippen LogP) is -4.05. The van der Waals surface area contributed by atoms with Crippen LogP contribution in [0.5, 0.6) is 5.75 Å². The molecule has 32 nitrogen and oxygen atoms in total. The van der Waals surface area contributed by atoms with E-state index in [-0.39, 0.29) is 113 Å². The molecule has 1 aromatic carbocycles. The lowest BCUT2D eigenvalue weighted by Gasteiger charge is -2.28. The molecule has 0 bridgehead atoms. The number of carbonyl (C=O) groups is 11. The van der Waals surface area contributed by atoms with E-state index in [4.69, 9.17) is 28.7 Å². The zero-order valence-electron chi connectivity index (χ0n) is 51.8. The fourth-order valence-corrected chi connectivity index (χ4v) is 9.31. The van der Waals surface area contributed by atoms with Crippen LogP contribution in [0.3, 0.4) is 0 Å². The molecule has 0 fully saturated rings. The van der Waals surface area contributed by atoms with Crippen molar-refractivity contribution in [3.8, 4) is 5.75 Å². The predicted molar refractivity (Wildman–Crippen MR) is 332 cm³/mol. The standard InChI is InChI=1S/C56H96N16O16S/c1-29(2)24-31(5)45(78)64-36(13-10-21-62-55(58)59)48(81)71-42(28-73)52(85)67-38(19-23-89-7)49(82)72-44(32(6)74)53(86)69-40(27-43(76)77)51(84)65-35(12-8-9-20-57)46(79)68-39(26-33-15-17-34(75)18-16-33)50(83)66-37(14-11-22-63-56(60)61)47(80)70-41(54(87)88)25-30(3)4/h15-18,29-32,35-42,44,73-75H,8-14,19-28,57H2,1-7H3,(H,64,78)(H,65,84)(H,66,83)(H,67,85)(H,68,79)(H,69,86)(H,70,80)(H,71,81)(H,72,82)(H,76,77)(H,87,88)(H4,58,59,62)(H4,60,61,63)/t31-,32+,35-,36-,37-,38-,39-,40-,41-,42-,44-/m0/s1. The number of aliphatic hydroxyl groups is 2. The van der Waals surface area contributed by atoms with Crippen LogP contribution in [0, 0.1) is 17.8 Å². The van der Waals surface area contributed by atoms with Gasteiger partial charge in [0.25, 0.3) is 0 Å². The summed E-state index contributed by atoms with van der Waals surface area (Å²) in [5, 5.41) is 73.1. The Hall–Kier alpha value is -8.04. The summed E-state index contributed by atoms with van der Waals surface area (Å²) in [6.45, 7) is 9.36. The number of nitrogens with two attached hydrogens (primary N) is 5. The van der Waals surface area contributed by atoms with E-state index in [9.17, 15) is 78.3 Å². The van der Waals surface area contributed by atoms with Crippen molar-refractivity contribution in [3.63, 3.8) is 0 Å². The Bertz CT molecular complexity index is 2530. The largest absolute Gasteiger partial charge is 0.508 e. The minimum atomic E-state index is -2.01. The number of nitrogens with zero attached hydrogens (tertiary/aromatic N) is 2. The van der Waals surface area contributed by atoms with E-state index in [1.807, 2.05) is 13.8 Å². The first-order valence-corrected chi connectivity index (χ1v) is 30.8. The topological polar surface area (TPSA) is 552 Å². The molecule has 0 radical (unpaired) electrons. The maximum absolute atomic E-state index is 14.4. The molecule has 502 valence electrons. The van der Waals surface area contributed by atoms with Gasteiger partial charge in [-0.05, 0) is 119 Å². The van der Waals surface area contributed by atoms with E-state index in [0.29, 0.717) is 18.4 Å². The highest BCUT2D eigenvalue weighted by Crippen LogP contribution is 2.16. The number of thioether (sulfide) groups is 1. The van der Waals surface area contributed by atoms with Gasteiger partial charge in [0.1, 0.15) is 60.1 Å². The molecule has 1 aromatic rings. The van der Waals surface area contributed by atoms with E-state index >= 15 is 0 Å². The second-order valence-electron chi connectivity index (χ2n) is 22.3. The first kappa shape index (κ1) is 79.0. The smallest absolute Gasteiger partial charge is 0.326 e. The molecular formula is C56H96N16O16S. The van der Waals surface area contributed by atoms with Crippen molar-refractivity contribution in [3.05, 3.63) is 29.8 Å². The van der Waals surface area contributed by atoms with Gasteiger partial charge in [0.15, 0.2) is 11.9 Å². The average Bonchev–Trinajstić information content (AvgIpc) is 3.66. The van der Waals surface area contributed by atoms with E-state index in [0.717, 1.165) is 6.92 Å². The first-order valence-electron chi connectivity index (χ1n) is 29.4. The molecule has 0 aliphatic rings. The van der Waals surface area contributed by atoms with Gasteiger partial charge < -0.3 is 102 Å². The molecule has 1 rings (SSSR count). The first-order chi connectivity index (χ1) is 41.8. The van der Waals surface area contributed by atoms with Gasteiger partial charge in [0, 0.05) is 25.4 Å². The Morgan fingerprint density at radius 1 is 0.506 bits per heavy atom. The van der Waals surface area contributed by atoms with E-state index in [2.05, 4.69) is 57.8 Å². The third kappa shape index (κ3) is 32.1. The zero-order chi connectivity index (χ0) is 67.5. The number of carboxylic acid groups (broad SMARTS) is 2. The molecule has 0 aliphatic carbocycles. The summed E-state index contributed by atoms with van der Waals surface area (Å²) >= 11 is 1.25. The van der Waals surface area contributed by atoms with Crippen LogP contribution in [0.25, 0.3) is 0 Å². The number of amides is 9. The number of hydrogen-bond acceptors (Lipinski definition) is 18. The summed E-state index contributed by atoms with van der Waals surface area (Å²) in [5.41, 5.74) is 27.9. The molecule has 0 aromatic heterocycles. The summed E-state index contributed by atoms with van der Waals surface area (Å²) in [7, 11) is 0. The summed E-state index contributed by atoms with van der Waals surface area (Å²) in [6.07, 6.45) is -0.529. The lowest BCUT2D eigenvalue weighted by Crippen LogP contribution is -2.62. The summed E-state index contributed by atoms with van der Waals surface area (Å²) in [5.74, 6) is -12.7. The van der Waals surface area contributed by atoms with Crippen molar-refractivity contribution < 1.29 is 78.3 Å². The quantitative estimate of drug-likeness (QED) is 0.0168. The maximum atomic E-state index is 14.4. The zero-order valence-corrected chi connectivity index (χ0v) is 52.6. The molecular weight excluding hydrogens is 1180 g/mol. The van der Waals surface area contributed by atoms with Crippen molar-refractivity contribution in [1.82, 2.24) is 47.9 Å². The highest BCUT2D eigenvalue weighted by molar-refractivity contribution is 7.98. The summed E-state index contributed by atoms with van der Waals surface area (Å²) < 4.78 is 0. The fourth-order valence-electron chi connectivity index (χ4n) is 8.84. The third-order valence-electron chi connectivity index (χ3n) is 13.5. The minimum Gasteiger partial charge on any atom is -0.508 e. The monoisotopic (exact) mass is 1280 g/mol. The molecule has 0 spiro atoms. The highest BCUT2D eigenvalue weighted by atomic mass is 32.2. The number of aromatic hydroxyl groups is 1. The van der Waals surface area contributed by atoms with Gasteiger partial charge in [-0.25, -0.2) is 4.79 Å². The lowest BCUT2D eigenvalue weighted by molar-refractivity contribution is -0.143. The Labute approximate surface area is 522 Å². The molecule has 24 N–H and O–H groups in total. The summed E-state index contributed by atoms with van der Waals surface area (Å²) in [6, 6.07) is -8.76. The number of hydrogen-bond donors (Lipinski definition) is 19. The normalized spacial score (nSPS) is 14.8. The molecule has 33 heteroatoms. The van der Waals surface area contributed by atoms with Crippen LogP contribution in [-0.4, -0.2) is 201 Å². The van der Waals surface area contributed by atoms with Crippen molar-refractivity contribution >= 4 is 88.8 Å². The number of guanidine groups is 2. The van der Waals surface area contributed by atoms with Gasteiger partial charge in [-0.3, -0.25) is 57.9 Å². The number of carboxylic acids is 2. The van der Waals surface area contributed by atoms with Gasteiger partial charge >= 0.3 is 11.9 Å². The number of nitrogens with one attached hydrogen (secondary N) is 9. The lowest BCUT2D eigenvalue weighted by atomic mass is 9.97. The molecule has 0 saturated heterocycles. The highest BCUT2D eigenvalue weighted by Gasteiger charge is 2.37. The SMILES string of the molecule is CSCC[C@H](NC(=O)[C@H](CO)NC(=O)[C@H](CCCN=C(N)N)NC(=O)[C@@H](C)CC(C)C)C(=O)N[C@H](C(=O)N[C@@H](CC(=O)O)C(=O)N[C@@H](CCCCN)C(=O)N[C@@H](Cc1ccc(O)cc1)C(=O)N[C@@H](CCCN=C(N)N)C(=O)N[C@@H](CC(C)C)C(=O)O)[C@@H](C)O. The third-order valence-corrected chi connectivity index (χ3v) is 14.1. The second-order valence-corrected chi connectivity index (χ2v) is 23.3. The molecule has 0 unspecified atom stereocenters. The number of aliphatic hydroxyl groups excluding tert-OH is 2. The number of phenols is 1. The number of rotatable bonds is 44. The van der Waals surface area contributed by atoms with Crippen molar-refractivity contribution in [2.24, 2.45) is 56.4 Å². The number of carbonyl (C=O) groups excluding carboxylic acids is 9. The number of aliphatic carboxylic acids is 2. The minimum absolute atomic E-state index is 0.0106. The second kappa shape index (κ2) is 42.0. The van der Waals surface area contributed by atoms with Crippen molar-refractivity contribution in [1.29, 1.82) is 0 Å². The average molecular weight is 1280 g/mol. The Kier molecular flexibility index (Phi) is 37.3.